The smallest absolute Gasteiger partial charge is 0.223 e. The molecular weight excluding hydrogens is 292 g/mol. The molecule has 3 rings (SSSR count). The zero-order chi connectivity index (χ0) is 15.9. The summed E-state index contributed by atoms with van der Waals surface area (Å²) in [5, 5.41) is 4.05. The number of nitrogens with zero attached hydrogens (tertiary/aromatic N) is 4. The minimum absolute atomic E-state index is 0.189. The van der Waals surface area contributed by atoms with Crippen molar-refractivity contribution in [2.45, 2.75) is 38.3 Å². The number of carbonyl (C=O) groups is 1. The molecule has 0 unspecified atom stereocenters. The number of aryl methyl sites for hydroxylation is 1. The second-order valence-electron chi connectivity index (χ2n) is 5.77. The Bertz CT molecular complexity index is 600. The molecule has 1 aliphatic heterocycles. The van der Waals surface area contributed by atoms with E-state index >= 15 is 0 Å². The van der Waals surface area contributed by atoms with Gasteiger partial charge >= 0.3 is 0 Å². The fraction of sp³-hybridized carbons (Fsp3) is 0.471. The van der Waals surface area contributed by atoms with Gasteiger partial charge in [-0.3, -0.25) is 9.48 Å². The van der Waals surface area contributed by atoms with Crippen LogP contribution in [-0.2, 0) is 11.3 Å². The van der Waals surface area contributed by atoms with Gasteiger partial charge in [-0.1, -0.05) is 18.2 Å². The maximum absolute atomic E-state index is 12.4. The third kappa shape index (κ3) is 4.31. The fourth-order valence-corrected chi connectivity index (χ4v) is 2.93. The summed E-state index contributed by atoms with van der Waals surface area (Å²) < 4.78 is 7.57. The van der Waals surface area contributed by atoms with Crippen LogP contribution in [0.25, 0.3) is 0 Å². The standard InChI is InChI=1S/C17H22N4O2/c22-17(9-5-10-20-14-18-13-19-20)21-11-4-6-15(21)12-23-16-7-2-1-3-8-16/h1-3,7-8,13-15H,4-6,9-12H2/t15-/m0/s1. The topological polar surface area (TPSA) is 60.2 Å². The van der Waals surface area contributed by atoms with E-state index in [0.29, 0.717) is 13.0 Å². The molecule has 0 radical (unpaired) electrons. The van der Waals surface area contributed by atoms with Crippen molar-refractivity contribution >= 4 is 5.91 Å². The molecule has 0 N–H and O–H groups in total. The number of carbonyl (C=O) groups excluding carboxylic acids is 1. The third-order valence-electron chi connectivity index (χ3n) is 4.13. The Labute approximate surface area is 136 Å². The monoisotopic (exact) mass is 314 g/mol. The summed E-state index contributed by atoms with van der Waals surface area (Å²) in [5.74, 6) is 1.07. The average Bonchev–Trinajstić information content (AvgIpc) is 3.25. The van der Waals surface area contributed by atoms with Crippen molar-refractivity contribution in [3.05, 3.63) is 43.0 Å². The maximum Gasteiger partial charge on any atom is 0.223 e. The number of para-hydroxylation sites is 1. The summed E-state index contributed by atoms with van der Waals surface area (Å²) in [5.41, 5.74) is 0. The molecule has 0 aliphatic carbocycles. The van der Waals surface area contributed by atoms with E-state index in [1.54, 1.807) is 11.0 Å². The first-order valence-corrected chi connectivity index (χ1v) is 8.12. The van der Waals surface area contributed by atoms with Crippen LogP contribution in [0, 0.1) is 0 Å². The largest absolute Gasteiger partial charge is 0.491 e. The average molecular weight is 314 g/mol. The van der Waals surface area contributed by atoms with Crippen LogP contribution >= 0.6 is 0 Å². The summed E-state index contributed by atoms with van der Waals surface area (Å²) in [6.07, 6.45) is 6.59. The summed E-state index contributed by atoms with van der Waals surface area (Å²) in [6, 6.07) is 9.95. The second-order valence-corrected chi connectivity index (χ2v) is 5.77. The highest BCUT2D eigenvalue weighted by atomic mass is 16.5. The van der Waals surface area contributed by atoms with Crippen molar-refractivity contribution in [3.63, 3.8) is 0 Å². The normalized spacial score (nSPS) is 17.4. The molecule has 1 aromatic heterocycles. The number of hydrogen-bond acceptors (Lipinski definition) is 4. The fourth-order valence-electron chi connectivity index (χ4n) is 2.93. The first-order chi connectivity index (χ1) is 11.3. The third-order valence-corrected chi connectivity index (χ3v) is 4.13. The molecule has 0 spiro atoms. The van der Waals surface area contributed by atoms with Crippen LogP contribution in [0.3, 0.4) is 0 Å². The van der Waals surface area contributed by atoms with Gasteiger partial charge in [-0.05, 0) is 31.4 Å². The molecule has 1 aromatic carbocycles. The molecule has 23 heavy (non-hydrogen) atoms. The van der Waals surface area contributed by atoms with Crippen molar-refractivity contribution in [1.82, 2.24) is 19.7 Å². The first kappa shape index (κ1) is 15.5. The maximum atomic E-state index is 12.4. The number of amides is 1. The number of benzene rings is 1. The number of likely N-dealkylation sites (tertiary alicyclic amines) is 1. The van der Waals surface area contributed by atoms with Gasteiger partial charge in [0, 0.05) is 19.5 Å². The van der Waals surface area contributed by atoms with Gasteiger partial charge in [0.1, 0.15) is 25.0 Å². The predicted octanol–water partition coefficient (Wildman–Crippen LogP) is 2.13. The van der Waals surface area contributed by atoms with Crippen LogP contribution in [0.1, 0.15) is 25.7 Å². The number of rotatable bonds is 7. The lowest BCUT2D eigenvalue weighted by atomic mass is 10.2. The van der Waals surface area contributed by atoms with Gasteiger partial charge in [-0.15, -0.1) is 0 Å². The minimum Gasteiger partial charge on any atom is -0.491 e. The molecule has 6 nitrogen and oxygen atoms in total. The molecule has 1 amide bonds. The zero-order valence-electron chi connectivity index (χ0n) is 13.2. The summed E-state index contributed by atoms with van der Waals surface area (Å²) >= 11 is 0. The van der Waals surface area contributed by atoms with Gasteiger partial charge in [0.2, 0.25) is 5.91 Å². The van der Waals surface area contributed by atoms with Crippen LogP contribution in [0.4, 0.5) is 0 Å². The van der Waals surface area contributed by atoms with Crippen LogP contribution in [-0.4, -0.2) is 44.8 Å². The Balaban J connectivity index is 1.44. The van der Waals surface area contributed by atoms with Gasteiger partial charge in [0.15, 0.2) is 0 Å². The molecule has 1 aliphatic rings. The van der Waals surface area contributed by atoms with E-state index in [4.69, 9.17) is 4.74 Å². The van der Waals surface area contributed by atoms with Crippen LogP contribution in [0.5, 0.6) is 5.75 Å². The highest BCUT2D eigenvalue weighted by Crippen LogP contribution is 2.20. The molecule has 2 heterocycles. The van der Waals surface area contributed by atoms with Crippen molar-refractivity contribution < 1.29 is 9.53 Å². The van der Waals surface area contributed by atoms with Gasteiger partial charge in [0.05, 0.1) is 6.04 Å². The lowest BCUT2D eigenvalue weighted by Gasteiger charge is -2.25. The first-order valence-electron chi connectivity index (χ1n) is 8.12. The van der Waals surface area contributed by atoms with E-state index in [-0.39, 0.29) is 11.9 Å². The molecular formula is C17H22N4O2. The Morgan fingerprint density at radius 2 is 2.17 bits per heavy atom. The van der Waals surface area contributed by atoms with Crippen LogP contribution in [0.2, 0.25) is 0 Å². The van der Waals surface area contributed by atoms with E-state index < -0.39 is 0 Å². The number of hydrogen-bond donors (Lipinski definition) is 0. The van der Waals surface area contributed by atoms with Crippen molar-refractivity contribution in [1.29, 1.82) is 0 Å². The molecule has 122 valence electrons. The van der Waals surface area contributed by atoms with E-state index in [1.165, 1.54) is 6.33 Å². The highest BCUT2D eigenvalue weighted by Gasteiger charge is 2.28. The van der Waals surface area contributed by atoms with Gasteiger partial charge < -0.3 is 9.64 Å². The Morgan fingerprint density at radius 3 is 2.96 bits per heavy atom. The highest BCUT2D eigenvalue weighted by molar-refractivity contribution is 5.76. The lowest BCUT2D eigenvalue weighted by molar-refractivity contribution is -0.132. The van der Waals surface area contributed by atoms with Crippen molar-refractivity contribution in [3.8, 4) is 5.75 Å². The quantitative estimate of drug-likeness (QED) is 0.785. The molecule has 1 saturated heterocycles. The molecule has 1 atom stereocenters. The molecule has 0 saturated carbocycles. The van der Waals surface area contributed by atoms with E-state index in [1.807, 2.05) is 35.2 Å². The molecule has 1 fully saturated rings. The van der Waals surface area contributed by atoms with E-state index in [9.17, 15) is 4.79 Å². The van der Waals surface area contributed by atoms with Crippen molar-refractivity contribution in [2.24, 2.45) is 0 Å². The Morgan fingerprint density at radius 1 is 1.30 bits per heavy atom. The molecule has 6 heteroatoms. The lowest BCUT2D eigenvalue weighted by Crippen LogP contribution is -2.39. The van der Waals surface area contributed by atoms with Crippen LogP contribution in [0.15, 0.2) is 43.0 Å². The van der Waals surface area contributed by atoms with Crippen LogP contribution < -0.4 is 4.74 Å². The minimum atomic E-state index is 0.189. The van der Waals surface area contributed by atoms with Gasteiger partial charge in [-0.25, -0.2) is 4.98 Å². The van der Waals surface area contributed by atoms with E-state index in [0.717, 1.165) is 38.1 Å². The summed E-state index contributed by atoms with van der Waals surface area (Å²) in [4.78, 5) is 18.3. The molecule has 2 aromatic rings. The van der Waals surface area contributed by atoms with Gasteiger partial charge in [-0.2, -0.15) is 5.10 Å². The summed E-state index contributed by atoms with van der Waals surface area (Å²) in [7, 11) is 0. The Kier molecular flexibility index (Phi) is 5.24. The predicted molar refractivity (Wildman–Crippen MR) is 85.9 cm³/mol. The number of ether oxygens (including phenoxy) is 1. The second kappa shape index (κ2) is 7.76. The van der Waals surface area contributed by atoms with Gasteiger partial charge in [0.25, 0.3) is 0 Å². The SMILES string of the molecule is O=C(CCCn1cncn1)N1CCC[C@H]1COc1ccccc1. The summed E-state index contributed by atoms with van der Waals surface area (Å²) in [6.45, 7) is 2.13. The Hall–Kier alpha value is -2.37. The number of aromatic nitrogens is 3. The zero-order valence-corrected chi connectivity index (χ0v) is 13.2. The van der Waals surface area contributed by atoms with E-state index in [2.05, 4.69) is 10.1 Å². The van der Waals surface area contributed by atoms with Crippen molar-refractivity contribution in [2.75, 3.05) is 13.2 Å². The molecule has 0 bridgehead atoms.